The van der Waals surface area contributed by atoms with Crippen molar-refractivity contribution in [3.63, 3.8) is 0 Å². The Hall–Kier alpha value is -2.34. The van der Waals surface area contributed by atoms with Gasteiger partial charge in [-0.25, -0.2) is 0 Å². The van der Waals surface area contributed by atoms with Crippen LogP contribution in [0.15, 0.2) is 47.4 Å². The normalized spacial score (nSPS) is 9.75. The van der Waals surface area contributed by atoms with Crippen LogP contribution in [0.4, 0.5) is 0 Å². The van der Waals surface area contributed by atoms with Gasteiger partial charge in [0, 0.05) is 11.9 Å². The minimum absolute atomic E-state index is 0.200. The van der Waals surface area contributed by atoms with Gasteiger partial charge in [0.2, 0.25) is 0 Å². The average molecular weight is 210 g/mol. The monoisotopic (exact) mass is 210 g/mol. The van der Waals surface area contributed by atoms with Crippen LogP contribution in [0.2, 0.25) is 0 Å². The van der Waals surface area contributed by atoms with Gasteiger partial charge < -0.3 is 0 Å². The summed E-state index contributed by atoms with van der Waals surface area (Å²) in [5.74, 6) is 0. The molecule has 0 aliphatic heterocycles. The zero-order valence-corrected chi connectivity index (χ0v) is 8.84. The Bertz CT molecular complexity index is 606. The summed E-state index contributed by atoms with van der Waals surface area (Å²) in [6.07, 6.45) is 1.69. The fourth-order valence-corrected chi connectivity index (χ4v) is 1.55. The van der Waals surface area contributed by atoms with Crippen molar-refractivity contribution in [1.82, 2.24) is 4.57 Å². The van der Waals surface area contributed by atoms with Crippen molar-refractivity contribution in [3.05, 3.63) is 64.1 Å². The molecule has 0 spiro atoms. The summed E-state index contributed by atoms with van der Waals surface area (Å²) >= 11 is 0. The summed E-state index contributed by atoms with van der Waals surface area (Å²) in [6, 6.07) is 13.0. The zero-order chi connectivity index (χ0) is 11.5. The van der Waals surface area contributed by atoms with Crippen molar-refractivity contribution in [2.24, 2.45) is 0 Å². The van der Waals surface area contributed by atoms with Crippen LogP contribution in [0.1, 0.15) is 11.1 Å². The largest absolute Gasteiger partial charge is 0.283 e. The number of aromatic nitrogens is 1. The molecule has 0 radical (unpaired) electrons. The summed E-state index contributed by atoms with van der Waals surface area (Å²) < 4.78 is 1.48. The summed E-state index contributed by atoms with van der Waals surface area (Å²) in [5.41, 5.74) is 1.41. The fourth-order valence-electron chi connectivity index (χ4n) is 1.55. The van der Waals surface area contributed by atoms with Gasteiger partial charge >= 0.3 is 0 Å². The van der Waals surface area contributed by atoms with Crippen LogP contribution in [0.5, 0.6) is 0 Å². The molecule has 0 unspecified atom stereocenters. The predicted octanol–water partition coefficient (Wildman–Crippen LogP) is 2.02. The highest BCUT2D eigenvalue weighted by Gasteiger charge is 2.06. The van der Waals surface area contributed by atoms with Crippen LogP contribution in [0.25, 0.3) is 5.69 Å². The Morgan fingerprint density at radius 3 is 2.50 bits per heavy atom. The van der Waals surface area contributed by atoms with E-state index in [-0.39, 0.29) is 11.1 Å². The summed E-state index contributed by atoms with van der Waals surface area (Å²) in [6.45, 7) is 1.76. The number of hydrogen-bond donors (Lipinski definition) is 0. The van der Waals surface area contributed by atoms with E-state index in [0.29, 0.717) is 5.56 Å². The smallest absolute Gasteiger partial charge is 0.273 e. The molecule has 1 aromatic heterocycles. The first-order valence-corrected chi connectivity index (χ1v) is 4.92. The minimum atomic E-state index is -0.270. The molecule has 78 valence electrons. The third-order valence-electron chi connectivity index (χ3n) is 2.45. The lowest BCUT2D eigenvalue weighted by Crippen LogP contribution is -2.21. The molecule has 1 heterocycles. The lowest BCUT2D eigenvalue weighted by molar-refractivity contribution is 0.973. The lowest BCUT2D eigenvalue weighted by atomic mass is 10.1. The molecular formula is C13H10N2O. The fraction of sp³-hybridized carbons (Fsp3) is 0.0769. The van der Waals surface area contributed by atoms with E-state index >= 15 is 0 Å². The van der Waals surface area contributed by atoms with Crippen molar-refractivity contribution >= 4 is 0 Å². The first-order chi connectivity index (χ1) is 7.74. The van der Waals surface area contributed by atoms with Gasteiger partial charge in [-0.15, -0.1) is 0 Å². The summed E-state index contributed by atoms with van der Waals surface area (Å²) in [5, 5.41) is 8.91. The molecule has 0 saturated carbocycles. The van der Waals surface area contributed by atoms with E-state index in [4.69, 9.17) is 5.26 Å². The highest BCUT2D eigenvalue weighted by Crippen LogP contribution is 2.06. The highest BCUT2D eigenvalue weighted by molar-refractivity contribution is 5.39. The second-order valence-corrected chi connectivity index (χ2v) is 3.50. The van der Waals surface area contributed by atoms with Crippen molar-refractivity contribution in [1.29, 1.82) is 5.26 Å². The molecule has 2 aromatic rings. The van der Waals surface area contributed by atoms with Crippen molar-refractivity contribution in [2.45, 2.75) is 6.92 Å². The number of pyridine rings is 1. The van der Waals surface area contributed by atoms with Crippen LogP contribution in [0.3, 0.4) is 0 Å². The quantitative estimate of drug-likeness (QED) is 0.722. The Morgan fingerprint density at radius 2 is 1.88 bits per heavy atom. The predicted molar refractivity (Wildman–Crippen MR) is 61.5 cm³/mol. The number of para-hydroxylation sites is 1. The molecule has 16 heavy (non-hydrogen) atoms. The van der Waals surface area contributed by atoms with Gasteiger partial charge in [0.1, 0.15) is 11.6 Å². The van der Waals surface area contributed by atoms with Gasteiger partial charge in [0.15, 0.2) is 0 Å². The standard InChI is InChI=1S/C13H10N2O/c1-10-7-8-15(13(16)12(10)9-14)11-5-3-2-4-6-11/h2-8H,1H3. The molecule has 0 atom stereocenters. The number of hydrogen-bond acceptors (Lipinski definition) is 2. The molecule has 0 aliphatic rings. The molecule has 3 heteroatoms. The first-order valence-electron chi connectivity index (χ1n) is 4.92. The van der Waals surface area contributed by atoms with Crippen LogP contribution in [0, 0.1) is 18.3 Å². The number of rotatable bonds is 1. The first kappa shape index (κ1) is 10.2. The lowest BCUT2D eigenvalue weighted by Gasteiger charge is -2.06. The molecule has 3 nitrogen and oxygen atoms in total. The molecule has 1 aromatic carbocycles. The number of nitriles is 1. The van der Waals surface area contributed by atoms with E-state index in [1.165, 1.54) is 4.57 Å². The molecular weight excluding hydrogens is 200 g/mol. The maximum Gasteiger partial charge on any atom is 0.273 e. The SMILES string of the molecule is Cc1ccn(-c2ccccc2)c(=O)c1C#N. The van der Waals surface area contributed by atoms with Crippen LogP contribution in [-0.4, -0.2) is 4.57 Å². The molecule has 0 saturated heterocycles. The van der Waals surface area contributed by atoms with E-state index in [2.05, 4.69) is 0 Å². The molecule has 0 N–H and O–H groups in total. The van der Waals surface area contributed by atoms with Crippen LogP contribution >= 0.6 is 0 Å². The van der Waals surface area contributed by atoms with Gasteiger partial charge in [-0.2, -0.15) is 5.26 Å². The van der Waals surface area contributed by atoms with Crippen molar-refractivity contribution in [2.75, 3.05) is 0 Å². The summed E-state index contributed by atoms with van der Waals surface area (Å²) in [4.78, 5) is 12.0. The van der Waals surface area contributed by atoms with Crippen LogP contribution < -0.4 is 5.56 Å². The Labute approximate surface area is 93.2 Å². The Balaban J connectivity index is 2.71. The van der Waals surface area contributed by atoms with Crippen molar-refractivity contribution in [3.8, 4) is 11.8 Å². The molecule has 0 amide bonds. The molecule has 0 fully saturated rings. The minimum Gasteiger partial charge on any atom is -0.283 e. The average Bonchev–Trinajstić information content (AvgIpc) is 2.31. The zero-order valence-electron chi connectivity index (χ0n) is 8.84. The summed E-state index contributed by atoms with van der Waals surface area (Å²) in [7, 11) is 0. The van der Waals surface area contributed by atoms with Crippen LogP contribution in [-0.2, 0) is 0 Å². The molecule has 0 aliphatic carbocycles. The van der Waals surface area contributed by atoms with Gasteiger partial charge in [-0.1, -0.05) is 18.2 Å². The maximum atomic E-state index is 12.0. The molecule has 0 bridgehead atoms. The Kier molecular flexibility index (Phi) is 2.57. The second-order valence-electron chi connectivity index (χ2n) is 3.50. The van der Waals surface area contributed by atoms with E-state index in [9.17, 15) is 4.79 Å². The van der Waals surface area contributed by atoms with Gasteiger partial charge in [-0.05, 0) is 30.7 Å². The van der Waals surface area contributed by atoms with Gasteiger partial charge in [0.25, 0.3) is 5.56 Å². The number of benzene rings is 1. The van der Waals surface area contributed by atoms with Gasteiger partial charge in [-0.3, -0.25) is 9.36 Å². The number of nitrogens with zero attached hydrogens (tertiary/aromatic N) is 2. The van der Waals surface area contributed by atoms with E-state index in [0.717, 1.165) is 5.69 Å². The molecule has 2 rings (SSSR count). The van der Waals surface area contributed by atoms with Gasteiger partial charge in [0.05, 0.1) is 0 Å². The highest BCUT2D eigenvalue weighted by atomic mass is 16.1. The maximum absolute atomic E-state index is 12.0. The third-order valence-corrected chi connectivity index (χ3v) is 2.45. The Morgan fingerprint density at radius 1 is 1.19 bits per heavy atom. The third kappa shape index (κ3) is 1.61. The van der Waals surface area contributed by atoms with E-state index < -0.39 is 0 Å². The van der Waals surface area contributed by atoms with E-state index in [1.807, 2.05) is 36.4 Å². The van der Waals surface area contributed by atoms with Crippen molar-refractivity contribution < 1.29 is 0 Å². The van der Waals surface area contributed by atoms with E-state index in [1.54, 1.807) is 19.2 Å². The topological polar surface area (TPSA) is 45.8 Å². The second kappa shape index (κ2) is 4.03. The number of aryl methyl sites for hydroxylation is 1.